The number of aromatic nitrogens is 2. The lowest BCUT2D eigenvalue weighted by molar-refractivity contribution is -0.140. The fourth-order valence-electron chi connectivity index (χ4n) is 1.76. The molecule has 0 aliphatic rings. The van der Waals surface area contributed by atoms with E-state index in [1.54, 1.807) is 6.92 Å². The van der Waals surface area contributed by atoms with E-state index in [4.69, 9.17) is 17.3 Å². The zero-order valence-corrected chi connectivity index (χ0v) is 11.1. The first-order valence-corrected chi connectivity index (χ1v) is 5.92. The van der Waals surface area contributed by atoms with Gasteiger partial charge < -0.3 is 5.73 Å². The van der Waals surface area contributed by atoms with Crippen molar-refractivity contribution in [2.75, 3.05) is 5.73 Å². The van der Waals surface area contributed by atoms with Crippen molar-refractivity contribution in [2.45, 2.75) is 19.6 Å². The molecule has 0 aliphatic heterocycles. The molecule has 1 aromatic heterocycles. The molecule has 8 heteroatoms. The third-order valence-corrected chi connectivity index (χ3v) is 3.23. The van der Waals surface area contributed by atoms with Crippen molar-refractivity contribution in [3.8, 4) is 0 Å². The Morgan fingerprint density at radius 3 is 2.50 bits per heavy atom. The Bertz CT molecular complexity index is 649. The lowest BCUT2D eigenvalue weighted by atomic mass is 10.1. The number of halogens is 5. The lowest BCUT2D eigenvalue weighted by Crippen LogP contribution is -2.11. The maximum absolute atomic E-state index is 13.2. The molecule has 0 saturated carbocycles. The monoisotopic (exact) mass is 307 g/mol. The van der Waals surface area contributed by atoms with E-state index >= 15 is 0 Å². The molecule has 0 saturated heterocycles. The second-order valence-corrected chi connectivity index (χ2v) is 4.63. The molecule has 0 radical (unpaired) electrons. The summed E-state index contributed by atoms with van der Waals surface area (Å²) in [5.41, 5.74) is 5.06. The quantitative estimate of drug-likeness (QED) is 0.861. The Hall–Kier alpha value is -1.76. The van der Waals surface area contributed by atoms with Gasteiger partial charge in [0.2, 0.25) is 0 Å². The van der Waals surface area contributed by atoms with Crippen LogP contribution in [0.5, 0.6) is 0 Å². The van der Waals surface area contributed by atoms with Gasteiger partial charge in [-0.2, -0.15) is 18.3 Å². The van der Waals surface area contributed by atoms with Gasteiger partial charge in [0.15, 0.2) is 0 Å². The van der Waals surface area contributed by atoms with Crippen molar-refractivity contribution >= 4 is 17.4 Å². The van der Waals surface area contributed by atoms with E-state index in [9.17, 15) is 17.6 Å². The number of nitrogen functional groups attached to an aromatic ring is 1. The molecule has 0 aliphatic carbocycles. The second-order valence-electron chi connectivity index (χ2n) is 4.25. The molecule has 0 bridgehead atoms. The van der Waals surface area contributed by atoms with E-state index in [1.807, 2.05) is 0 Å². The first-order valence-electron chi connectivity index (χ1n) is 5.54. The summed E-state index contributed by atoms with van der Waals surface area (Å²) in [5.74, 6) is -1.16. The topological polar surface area (TPSA) is 43.8 Å². The van der Waals surface area contributed by atoms with Crippen LogP contribution in [0.4, 0.5) is 23.4 Å². The summed E-state index contributed by atoms with van der Waals surface area (Å²) in [5, 5.41) is 4.26. The smallest absolute Gasteiger partial charge is 0.383 e. The summed E-state index contributed by atoms with van der Waals surface area (Å²) in [4.78, 5) is 0. The molecule has 0 amide bonds. The summed E-state index contributed by atoms with van der Waals surface area (Å²) < 4.78 is 52.3. The van der Waals surface area contributed by atoms with Crippen LogP contribution < -0.4 is 5.73 Å². The molecule has 20 heavy (non-hydrogen) atoms. The average Bonchev–Trinajstić information content (AvgIpc) is 2.58. The van der Waals surface area contributed by atoms with E-state index in [1.165, 1.54) is 10.7 Å². The van der Waals surface area contributed by atoms with Crippen molar-refractivity contribution in [1.82, 2.24) is 9.78 Å². The van der Waals surface area contributed by atoms with E-state index in [0.717, 1.165) is 12.1 Å². The number of nitrogens with two attached hydrogens (primary N) is 1. The first kappa shape index (κ1) is 14.6. The zero-order valence-electron chi connectivity index (χ0n) is 10.3. The summed E-state index contributed by atoms with van der Waals surface area (Å²) in [6, 6.07) is 2.75. The van der Waals surface area contributed by atoms with E-state index in [-0.39, 0.29) is 22.9 Å². The van der Waals surface area contributed by atoms with Crippen LogP contribution in [-0.2, 0) is 12.7 Å². The minimum absolute atomic E-state index is 0.0250. The number of nitrogens with zero attached hydrogens (tertiary/aromatic N) is 2. The zero-order chi connectivity index (χ0) is 15.1. The van der Waals surface area contributed by atoms with Crippen molar-refractivity contribution in [1.29, 1.82) is 0 Å². The summed E-state index contributed by atoms with van der Waals surface area (Å²) in [6.07, 6.45) is -4.75. The molecule has 0 fully saturated rings. The number of rotatable bonds is 2. The van der Waals surface area contributed by atoms with Crippen molar-refractivity contribution < 1.29 is 17.6 Å². The highest BCUT2D eigenvalue weighted by Gasteiger charge is 2.34. The fourth-order valence-corrected chi connectivity index (χ4v) is 1.89. The molecular formula is C12H10ClF4N3. The van der Waals surface area contributed by atoms with Gasteiger partial charge in [-0.15, -0.1) is 0 Å². The summed E-state index contributed by atoms with van der Waals surface area (Å²) >= 11 is 5.85. The van der Waals surface area contributed by atoms with Gasteiger partial charge in [-0.25, -0.2) is 9.07 Å². The van der Waals surface area contributed by atoms with E-state index in [2.05, 4.69) is 5.10 Å². The molecule has 2 rings (SSSR count). The molecular weight excluding hydrogens is 298 g/mol. The molecule has 0 atom stereocenters. The van der Waals surface area contributed by atoms with Gasteiger partial charge in [-0.3, -0.25) is 0 Å². The van der Waals surface area contributed by atoms with Gasteiger partial charge in [0, 0.05) is 0 Å². The van der Waals surface area contributed by atoms with Gasteiger partial charge in [-0.05, 0) is 24.6 Å². The molecule has 1 aromatic carbocycles. The number of benzene rings is 1. The normalized spacial score (nSPS) is 11.9. The number of hydrogen-bond donors (Lipinski definition) is 1. The largest absolute Gasteiger partial charge is 0.419 e. The third-order valence-electron chi connectivity index (χ3n) is 2.76. The molecule has 2 aromatic rings. The van der Waals surface area contributed by atoms with E-state index in [0.29, 0.717) is 5.69 Å². The Balaban J connectivity index is 2.37. The van der Waals surface area contributed by atoms with Crippen LogP contribution in [0.3, 0.4) is 0 Å². The van der Waals surface area contributed by atoms with Crippen LogP contribution in [0.1, 0.15) is 16.8 Å². The van der Waals surface area contributed by atoms with Gasteiger partial charge in [-0.1, -0.05) is 17.7 Å². The Kier molecular flexibility index (Phi) is 3.64. The van der Waals surface area contributed by atoms with Gasteiger partial charge >= 0.3 is 6.18 Å². The average molecular weight is 308 g/mol. The number of anilines is 1. The van der Waals surface area contributed by atoms with Crippen LogP contribution in [0.15, 0.2) is 18.2 Å². The standard InChI is InChI=1S/C12H10ClF4N3/c1-6-10(13)11(18)20(19-6)5-7-2-3-9(14)8(4-7)12(15,16)17/h2-4H,5,18H2,1H3. The lowest BCUT2D eigenvalue weighted by Gasteiger charge is -2.10. The SMILES string of the molecule is Cc1nn(Cc2ccc(F)c(C(F)(F)F)c2)c(N)c1Cl. The maximum atomic E-state index is 13.2. The second kappa shape index (κ2) is 4.97. The highest BCUT2D eigenvalue weighted by atomic mass is 35.5. The molecule has 3 nitrogen and oxygen atoms in total. The first-order chi connectivity index (χ1) is 9.20. The highest BCUT2D eigenvalue weighted by molar-refractivity contribution is 6.33. The van der Waals surface area contributed by atoms with Gasteiger partial charge in [0.1, 0.15) is 16.7 Å². The Labute approximate surface area is 116 Å². The predicted octanol–water partition coefficient (Wildman–Crippen LogP) is 3.63. The molecule has 0 unspecified atom stereocenters. The highest BCUT2D eigenvalue weighted by Crippen LogP contribution is 2.32. The molecule has 0 spiro atoms. The number of aryl methyl sites for hydroxylation is 1. The molecule has 1 heterocycles. The van der Waals surface area contributed by atoms with Crippen LogP contribution in [0.2, 0.25) is 5.02 Å². The van der Waals surface area contributed by atoms with Crippen LogP contribution in [0.25, 0.3) is 0 Å². The minimum atomic E-state index is -4.75. The van der Waals surface area contributed by atoms with Crippen molar-refractivity contribution in [3.05, 3.63) is 45.9 Å². The molecule has 2 N–H and O–H groups in total. The summed E-state index contributed by atoms with van der Waals surface area (Å²) in [6.45, 7) is 1.60. The van der Waals surface area contributed by atoms with Crippen LogP contribution in [0, 0.1) is 12.7 Å². The maximum Gasteiger partial charge on any atom is 0.419 e. The van der Waals surface area contributed by atoms with Gasteiger partial charge in [0.25, 0.3) is 0 Å². The third kappa shape index (κ3) is 2.72. The van der Waals surface area contributed by atoms with E-state index < -0.39 is 17.6 Å². The fraction of sp³-hybridized carbons (Fsp3) is 0.250. The molecule has 108 valence electrons. The number of hydrogen-bond acceptors (Lipinski definition) is 2. The predicted molar refractivity (Wildman–Crippen MR) is 66.9 cm³/mol. The van der Waals surface area contributed by atoms with Crippen molar-refractivity contribution in [3.63, 3.8) is 0 Å². The van der Waals surface area contributed by atoms with Crippen molar-refractivity contribution in [2.24, 2.45) is 0 Å². The minimum Gasteiger partial charge on any atom is -0.383 e. The van der Waals surface area contributed by atoms with Crippen LogP contribution in [-0.4, -0.2) is 9.78 Å². The Morgan fingerprint density at radius 2 is 2.00 bits per heavy atom. The Morgan fingerprint density at radius 1 is 1.35 bits per heavy atom. The van der Waals surface area contributed by atoms with Crippen LogP contribution >= 0.6 is 11.6 Å². The number of alkyl halides is 3. The summed E-state index contributed by atoms with van der Waals surface area (Å²) in [7, 11) is 0. The van der Waals surface area contributed by atoms with Gasteiger partial charge in [0.05, 0.1) is 17.8 Å².